The van der Waals surface area contributed by atoms with Gasteiger partial charge in [-0.05, 0) is 79.9 Å². The van der Waals surface area contributed by atoms with Gasteiger partial charge in [-0.1, -0.05) is 23.3 Å². The zero-order chi connectivity index (χ0) is 22.2. The third kappa shape index (κ3) is 4.52. The number of benzene rings is 3. The van der Waals surface area contributed by atoms with Crippen molar-refractivity contribution in [1.29, 1.82) is 0 Å². The molecule has 0 saturated heterocycles. The smallest absolute Gasteiger partial charge is 0.255 e. The van der Waals surface area contributed by atoms with Crippen molar-refractivity contribution < 1.29 is 17.6 Å². The Kier molecular flexibility index (Phi) is 5.64. The van der Waals surface area contributed by atoms with E-state index in [4.69, 9.17) is 0 Å². The lowest BCUT2D eigenvalue weighted by Gasteiger charge is -2.28. The number of halogens is 1. The molecule has 3 aromatic rings. The summed E-state index contributed by atoms with van der Waals surface area (Å²) in [6.07, 6.45) is 0.570. The molecule has 1 N–H and O–H groups in total. The number of carbonyl (C=O) groups is 1. The van der Waals surface area contributed by atoms with E-state index in [2.05, 4.69) is 5.32 Å². The fourth-order valence-electron chi connectivity index (χ4n) is 3.88. The third-order valence-corrected chi connectivity index (χ3v) is 7.24. The molecule has 1 aliphatic heterocycles. The van der Waals surface area contributed by atoms with Gasteiger partial charge in [0.05, 0.1) is 4.90 Å². The highest BCUT2D eigenvalue weighted by Gasteiger charge is 2.28. The van der Waals surface area contributed by atoms with Gasteiger partial charge in [0.15, 0.2) is 0 Å². The van der Waals surface area contributed by atoms with E-state index in [1.54, 1.807) is 0 Å². The van der Waals surface area contributed by atoms with Crippen LogP contribution in [-0.4, -0.2) is 25.2 Å². The number of hydrogen-bond acceptors (Lipinski definition) is 3. The topological polar surface area (TPSA) is 66.5 Å². The molecule has 160 valence electrons. The van der Waals surface area contributed by atoms with Gasteiger partial charge < -0.3 is 5.32 Å². The Hall–Kier alpha value is -3.03. The minimum Gasteiger partial charge on any atom is -0.322 e. The van der Waals surface area contributed by atoms with Crippen molar-refractivity contribution in [2.24, 2.45) is 0 Å². The van der Waals surface area contributed by atoms with Crippen LogP contribution in [0.5, 0.6) is 0 Å². The maximum absolute atomic E-state index is 13.2. The second-order valence-corrected chi connectivity index (χ2v) is 9.79. The van der Waals surface area contributed by atoms with Crippen LogP contribution in [-0.2, 0) is 23.0 Å². The van der Waals surface area contributed by atoms with Gasteiger partial charge >= 0.3 is 0 Å². The van der Waals surface area contributed by atoms with Crippen LogP contribution in [0.25, 0.3) is 0 Å². The highest BCUT2D eigenvalue weighted by atomic mass is 32.2. The van der Waals surface area contributed by atoms with E-state index in [0.29, 0.717) is 24.2 Å². The molecular formula is C24H23FN2O3S. The van der Waals surface area contributed by atoms with Gasteiger partial charge in [-0.3, -0.25) is 4.79 Å². The van der Waals surface area contributed by atoms with Gasteiger partial charge in [-0.2, -0.15) is 4.31 Å². The molecule has 0 spiro atoms. The van der Waals surface area contributed by atoms with Crippen molar-refractivity contribution in [2.75, 3.05) is 11.9 Å². The summed E-state index contributed by atoms with van der Waals surface area (Å²) in [6, 6.07) is 16.1. The van der Waals surface area contributed by atoms with Crippen molar-refractivity contribution >= 4 is 21.6 Å². The van der Waals surface area contributed by atoms with E-state index in [1.807, 2.05) is 50.2 Å². The molecule has 7 heteroatoms. The van der Waals surface area contributed by atoms with Gasteiger partial charge in [0, 0.05) is 24.3 Å². The molecule has 3 aromatic carbocycles. The molecule has 1 amide bonds. The van der Waals surface area contributed by atoms with Crippen LogP contribution in [0.15, 0.2) is 65.6 Å². The highest BCUT2D eigenvalue weighted by molar-refractivity contribution is 7.89. The second-order valence-electron chi connectivity index (χ2n) is 7.86. The van der Waals surface area contributed by atoms with Gasteiger partial charge in [0.25, 0.3) is 5.91 Å². The third-order valence-electron chi connectivity index (χ3n) is 5.38. The van der Waals surface area contributed by atoms with Gasteiger partial charge in [-0.15, -0.1) is 0 Å². The molecule has 5 nitrogen and oxygen atoms in total. The normalized spacial score (nSPS) is 14.2. The van der Waals surface area contributed by atoms with Crippen LogP contribution in [0.1, 0.15) is 32.6 Å². The zero-order valence-electron chi connectivity index (χ0n) is 17.4. The maximum atomic E-state index is 13.2. The Morgan fingerprint density at radius 3 is 2.29 bits per heavy atom. The Morgan fingerprint density at radius 2 is 1.61 bits per heavy atom. The SMILES string of the molecule is Cc1cc(C)cc(C(=O)Nc2ccc3c(c2)CN(S(=O)(=O)c2ccc(F)cc2)CC3)c1. The van der Waals surface area contributed by atoms with E-state index in [1.165, 1.54) is 16.4 Å². The summed E-state index contributed by atoms with van der Waals surface area (Å²) in [5.41, 5.74) is 5.11. The number of rotatable bonds is 4. The first-order chi connectivity index (χ1) is 14.7. The zero-order valence-corrected chi connectivity index (χ0v) is 18.2. The van der Waals surface area contributed by atoms with Crippen molar-refractivity contribution in [1.82, 2.24) is 4.31 Å². The molecule has 4 rings (SSSR count). The average molecular weight is 439 g/mol. The van der Waals surface area contributed by atoms with Gasteiger partial charge in [0.1, 0.15) is 5.82 Å². The van der Waals surface area contributed by atoms with Crippen LogP contribution < -0.4 is 5.32 Å². The van der Waals surface area contributed by atoms with Crippen molar-refractivity contribution in [3.8, 4) is 0 Å². The second kappa shape index (κ2) is 8.24. The van der Waals surface area contributed by atoms with E-state index >= 15 is 0 Å². The number of hydrogen-bond donors (Lipinski definition) is 1. The van der Waals surface area contributed by atoms with Crippen LogP contribution in [0.4, 0.5) is 10.1 Å². The first-order valence-electron chi connectivity index (χ1n) is 9.99. The molecule has 0 unspecified atom stereocenters. The predicted molar refractivity (Wildman–Crippen MR) is 118 cm³/mol. The number of carbonyl (C=O) groups excluding carboxylic acids is 1. The molecule has 0 aliphatic carbocycles. The van der Waals surface area contributed by atoms with E-state index in [9.17, 15) is 17.6 Å². The number of nitrogens with zero attached hydrogens (tertiary/aromatic N) is 1. The quantitative estimate of drug-likeness (QED) is 0.655. The van der Waals surface area contributed by atoms with E-state index < -0.39 is 15.8 Å². The molecule has 31 heavy (non-hydrogen) atoms. The minimum atomic E-state index is -3.73. The summed E-state index contributed by atoms with van der Waals surface area (Å²) >= 11 is 0. The van der Waals surface area contributed by atoms with E-state index in [0.717, 1.165) is 34.4 Å². The number of amides is 1. The van der Waals surface area contributed by atoms with Crippen molar-refractivity contribution in [2.45, 2.75) is 31.7 Å². The van der Waals surface area contributed by atoms with Crippen molar-refractivity contribution in [3.05, 3.63) is 94.3 Å². The minimum absolute atomic E-state index is 0.0663. The van der Waals surface area contributed by atoms with Gasteiger partial charge in [-0.25, -0.2) is 12.8 Å². The molecule has 0 aromatic heterocycles. The Labute approximate surface area is 181 Å². The van der Waals surface area contributed by atoms with Crippen LogP contribution in [0.2, 0.25) is 0 Å². The van der Waals surface area contributed by atoms with Crippen LogP contribution in [0, 0.1) is 19.7 Å². The fourth-order valence-corrected chi connectivity index (χ4v) is 5.30. The summed E-state index contributed by atoms with van der Waals surface area (Å²) in [5, 5.41) is 2.91. The molecule has 0 radical (unpaired) electrons. The van der Waals surface area contributed by atoms with E-state index in [-0.39, 0.29) is 17.3 Å². The highest BCUT2D eigenvalue weighted by Crippen LogP contribution is 2.27. The maximum Gasteiger partial charge on any atom is 0.255 e. The number of sulfonamides is 1. The molecule has 1 aliphatic rings. The summed E-state index contributed by atoms with van der Waals surface area (Å²) in [6.45, 7) is 4.43. The van der Waals surface area contributed by atoms with Crippen LogP contribution in [0.3, 0.4) is 0 Å². The predicted octanol–water partition coefficient (Wildman–Crippen LogP) is 4.44. The Bertz CT molecular complexity index is 1230. The van der Waals surface area contributed by atoms with Crippen molar-refractivity contribution in [3.63, 3.8) is 0 Å². The van der Waals surface area contributed by atoms with Gasteiger partial charge in [0.2, 0.25) is 10.0 Å². The summed E-state index contributed by atoms with van der Waals surface area (Å²) in [7, 11) is -3.73. The molecular weight excluding hydrogens is 415 g/mol. The summed E-state index contributed by atoms with van der Waals surface area (Å²) in [4.78, 5) is 12.7. The number of nitrogens with one attached hydrogen (secondary N) is 1. The average Bonchev–Trinajstić information content (AvgIpc) is 2.73. The molecule has 0 fully saturated rings. The Balaban J connectivity index is 1.55. The molecule has 0 atom stereocenters. The summed E-state index contributed by atoms with van der Waals surface area (Å²) in [5.74, 6) is -0.689. The monoisotopic (exact) mass is 438 g/mol. The van der Waals surface area contributed by atoms with Crippen LogP contribution >= 0.6 is 0 Å². The largest absolute Gasteiger partial charge is 0.322 e. The fraction of sp³-hybridized carbons (Fsp3) is 0.208. The Morgan fingerprint density at radius 1 is 0.935 bits per heavy atom. The number of fused-ring (bicyclic) bond motifs is 1. The number of aryl methyl sites for hydroxylation is 2. The number of anilines is 1. The standard InChI is InChI=1S/C24H23FN2O3S/c1-16-11-17(2)13-19(12-16)24(28)26-22-6-3-18-9-10-27(15-20(18)14-22)31(29,30)23-7-4-21(25)5-8-23/h3-8,11-14H,9-10,15H2,1-2H3,(H,26,28). The lowest BCUT2D eigenvalue weighted by molar-refractivity contribution is 0.102. The lowest BCUT2D eigenvalue weighted by Crippen LogP contribution is -2.36. The first-order valence-corrected chi connectivity index (χ1v) is 11.4. The molecule has 0 bridgehead atoms. The summed E-state index contributed by atoms with van der Waals surface area (Å²) < 4.78 is 40.5. The molecule has 0 saturated carbocycles. The molecule has 1 heterocycles. The lowest BCUT2D eigenvalue weighted by atomic mass is 10.0. The first kappa shape index (κ1) is 21.2.